The van der Waals surface area contributed by atoms with Crippen LogP contribution in [0.3, 0.4) is 0 Å². The van der Waals surface area contributed by atoms with E-state index in [-0.39, 0.29) is 17.4 Å². The molecule has 0 unspecified atom stereocenters. The van der Waals surface area contributed by atoms with Crippen LogP contribution in [-0.4, -0.2) is 23.2 Å². The third-order valence-electron chi connectivity index (χ3n) is 1.94. The maximum Gasteiger partial charge on any atom is 0.165 e. The van der Waals surface area contributed by atoms with Crippen LogP contribution in [0.5, 0.6) is 0 Å². The molecule has 0 atom stereocenters. The fourth-order valence-corrected chi connectivity index (χ4v) is 1.50. The molecule has 4 heteroatoms. The van der Waals surface area contributed by atoms with E-state index in [1.54, 1.807) is 0 Å². The Kier molecular flexibility index (Phi) is 2.98. The minimum absolute atomic E-state index is 0.248. The smallest absolute Gasteiger partial charge is 0.165 e. The maximum absolute atomic E-state index is 11.1. The molecular weight excluding hydrogens is 180 g/mol. The van der Waals surface area contributed by atoms with Crippen LogP contribution in [0.25, 0.3) is 0 Å². The van der Waals surface area contributed by atoms with Gasteiger partial charge in [-0.05, 0) is 6.42 Å². The van der Waals surface area contributed by atoms with Crippen molar-refractivity contribution in [2.24, 2.45) is 5.92 Å². The van der Waals surface area contributed by atoms with E-state index in [9.17, 15) is 14.4 Å². The average Bonchev–Trinajstić information content (AvgIpc) is 2.03. The van der Waals surface area contributed by atoms with Gasteiger partial charge >= 0.3 is 0 Å². The van der Waals surface area contributed by atoms with Crippen LogP contribution in [0.2, 0.25) is 0 Å². The number of hydrogen-bond donors (Lipinski definition) is 0. The van der Waals surface area contributed by atoms with Crippen molar-refractivity contribution in [3.63, 3.8) is 0 Å². The number of carbonyl (C=O) groups excluding carboxylic acids is 3. The molecule has 1 fully saturated rings. The second-order valence-corrected chi connectivity index (χ2v) is 3.09. The molecule has 0 amide bonds. The standard InChI is InChI=1S/C8H9ClO3/c9-4-7(12)8-5(10)2-1-3-6(8)11/h8H,1-4H2. The Balaban J connectivity index is 2.76. The monoisotopic (exact) mass is 188 g/mol. The summed E-state index contributed by atoms with van der Waals surface area (Å²) in [5.41, 5.74) is 0. The molecule has 1 aliphatic rings. The SMILES string of the molecule is O=C(CCl)C1C(=O)CCCC1=O. The van der Waals surface area contributed by atoms with E-state index in [0.717, 1.165) is 0 Å². The Hall–Kier alpha value is -0.700. The number of halogens is 1. The highest BCUT2D eigenvalue weighted by Crippen LogP contribution is 2.18. The van der Waals surface area contributed by atoms with Crippen LogP contribution >= 0.6 is 11.6 Å². The van der Waals surface area contributed by atoms with E-state index in [4.69, 9.17) is 11.6 Å². The first kappa shape index (κ1) is 9.39. The van der Waals surface area contributed by atoms with Gasteiger partial charge in [0.1, 0.15) is 5.92 Å². The van der Waals surface area contributed by atoms with Gasteiger partial charge in [-0.3, -0.25) is 14.4 Å². The Morgan fingerprint density at radius 2 is 1.83 bits per heavy atom. The van der Waals surface area contributed by atoms with Gasteiger partial charge in [-0.2, -0.15) is 0 Å². The second-order valence-electron chi connectivity index (χ2n) is 2.82. The summed E-state index contributed by atoms with van der Waals surface area (Å²) >= 11 is 5.26. The molecule has 0 radical (unpaired) electrons. The topological polar surface area (TPSA) is 51.2 Å². The lowest BCUT2D eigenvalue weighted by atomic mass is 9.84. The number of carbonyl (C=O) groups is 3. The second kappa shape index (κ2) is 3.81. The van der Waals surface area contributed by atoms with E-state index in [1.165, 1.54) is 0 Å². The van der Waals surface area contributed by atoms with Gasteiger partial charge in [-0.1, -0.05) is 0 Å². The summed E-state index contributed by atoms with van der Waals surface area (Å²) in [6.45, 7) is 0. The molecule has 66 valence electrons. The predicted molar refractivity (Wildman–Crippen MR) is 43.1 cm³/mol. The summed E-state index contributed by atoms with van der Waals surface area (Å²) in [4.78, 5) is 33.2. The normalized spacial score (nSPS) is 19.8. The van der Waals surface area contributed by atoms with Crippen LogP contribution in [-0.2, 0) is 14.4 Å². The lowest BCUT2D eigenvalue weighted by Gasteiger charge is -2.16. The molecule has 0 aromatic carbocycles. The van der Waals surface area contributed by atoms with Crippen LogP contribution < -0.4 is 0 Å². The van der Waals surface area contributed by atoms with Crippen molar-refractivity contribution < 1.29 is 14.4 Å². The van der Waals surface area contributed by atoms with Crippen molar-refractivity contribution in [1.29, 1.82) is 0 Å². The Bertz CT molecular complexity index is 207. The van der Waals surface area contributed by atoms with Crippen molar-refractivity contribution in [2.45, 2.75) is 19.3 Å². The lowest BCUT2D eigenvalue weighted by Crippen LogP contribution is -2.35. The number of alkyl halides is 1. The minimum Gasteiger partial charge on any atom is -0.298 e. The Morgan fingerprint density at radius 1 is 1.33 bits per heavy atom. The molecular formula is C8H9ClO3. The molecule has 0 heterocycles. The molecule has 12 heavy (non-hydrogen) atoms. The maximum atomic E-state index is 11.1. The fourth-order valence-electron chi connectivity index (χ4n) is 1.34. The van der Waals surface area contributed by atoms with Crippen molar-refractivity contribution in [1.82, 2.24) is 0 Å². The summed E-state index contributed by atoms with van der Waals surface area (Å²) in [7, 11) is 0. The largest absolute Gasteiger partial charge is 0.298 e. The zero-order chi connectivity index (χ0) is 9.14. The first-order chi connectivity index (χ1) is 5.66. The third-order valence-corrected chi connectivity index (χ3v) is 2.21. The van der Waals surface area contributed by atoms with Crippen LogP contribution in [0, 0.1) is 5.92 Å². The van der Waals surface area contributed by atoms with E-state index in [2.05, 4.69) is 0 Å². The molecule has 1 rings (SSSR count). The lowest BCUT2D eigenvalue weighted by molar-refractivity contribution is -0.141. The van der Waals surface area contributed by atoms with Crippen LogP contribution in [0.15, 0.2) is 0 Å². The summed E-state index contributed by atoms with van der Waals surface area (Å²) in [6.07, 6.45) is 1.24. The molecule has 0 aromatic rings. The van der Waals surface area contributed by atoms with E-state index in [1.807, 2.05) is 0 Å². The molecule has 0 aliphatic heterocycles. The van der Waals surface area contributed by atoms with Crippen molar-refractivity contribution in [3.8, 4) is 0 Å². The van der Waals surface area contributed by atoms with Gasteiger partial charge in [0.05, 0.1) is 5.88 Å². The zero-order valence-corrected chi connectivity index (χ0v) is 7.26. The number of hydrogen-bond acceptors (Lipinski definition) is 3. The van der Waals surface area contributed by atoms with E-state index >= 15 is 0 Å². The van der Waals surface area contributed by atoms with Crippen molar-refractivity contribution >= 4 is 29.0 Å². The number of ketones is 3. The van der Waals surface area contributed by atoms with Crippen molar-refractivity contribution in [3.05, 3.63) is 0 Å². The van der Waals surface area contributed by atoms with Gasteiger partial charge in [0.25, 0.3) is 0 Å². The van der Waals surface area contributed by atoms with Gasteiger partial charge in [0.15, 0.2) is 17.3 Å². The van der Waals surface area contributed by atoms with E-state index in [0.29, 0.717) is 19.3 Å². The molecule has 0 saturated heterocycles. The highest BCUT2D eigenvalue weighted by atomic mass is 35.5. The number of Topliss-reactive ketones (excluding diaryl/α,β-unsaturated/α-hetero) is 3. The molecule has 1 saturated carbocycles. The average molecular weight is 189 g/mol. The minimum atomic E-state index is -1.05. The first-order valence-electron chi connectivity index (χ1n) is 3.81. The summed E-state index contributed by atoms with van der Waals surface area (Å²) in [5, 5.41) is 0. The summed E-state index contributed by atoms with van der Waals surface area (Å²) in [6, 6.07) is 0. The summed E-state index contributed by atoms with van der Waals surface area (Å²) < 4.78 is 0. The Labute approximate surface area is 75.1 Å². The van der Waals surface area contributed by atoms with Gasteiger partial charge in [0, 0.05) is 12.8 Å². The highest BCUT2D eigenvalue weighted by Gasteiger charge is 2.34. The number of rotatable bonds is 2. The van der Waals surface area contributed by atoms with Gasteiger partial charge in [0.2, 0.25) is 0 Å². The molecule has 1 aliphatic carbocycles. The quantitative estimate of drug-likeness (QED) is 0.474. The molecule has 3 nitrogen and oxygen atoms in total. The highest BCUT2D eigenvalue weighted by molar-refractivity contribution is 6.33. The predicted octanol–water partition coefficient (Wildman–Crippen LogP) is 0.733. The van der Waals surface area contributed by atoms with Crippen molar-refractivity contribution in [2.75, 3.05) is 5.88 Å². The van der Waals surface area contributed by atoms with Gasteiger partial charge < -0.3 is 0 Å². The Morgan fingerprint density at radius 3 is 2.25 bits per heavy atom. The van der Waals surface area contributed by atoms with Gasteiger partial charge in [-0.15, -0.1) is 11.6 Å². The van der Waals surface area contributed by atoms with E-state index < -0.39 is 11.7 Å². The molecule has 0 bridgehead atoms. The fraction of sp³-hybridized carbons (Fsp3) is 0.625. The van der Waals surface area contributed by atoms with Crippen LogP contribution in [0.1, 0.15) is 19.3 Å². The third kappa shape index (κ3) is 1.72. The summed E-state index contributed by atoms with van der Waals surface area (Å²) in [5.74, 6) is -2.28. The van der Waals surface area contributed by atoms with Gasteiger partial charge in [-0.25, -0.2) is 0 Å². The zero-order valence-electron chi connectivity index (χ0n) is 6.51. The molecule has 0 aromatic heterocycles. The molecule has 0 N–H and O–H groups in total. The van der Waals surface area contributed by atoms with Crippen LogP contribution in [0.4, 0.5) is 0 Å². The first-order valence-corrected chi connectivity index (χ1v) is 4.34. The molecule has 0 spiro atoms.